The zero-order chi connectivity index (χ0) is 17.6. The summed E-state index contributed by atoms with van der Waals surface area (Å²) < 4.78 is 6.38. The predicted octanol–water partition coefficient (Wildman–Crippen LogP) is 4.20. The van der Waals surface area contributed by atoms with Crippen molar-refractivity contribution in [2.24, 2.45) is 17.3 Å². The molecule has 1 N–H and O–H groups in total. The van der Waals surface area contributed by atoms with E-state index in [0.717, 1.165) is 31.4 Å². The lowest BCUT2D eigenvalue weighted by Gasteiger charge is -2.50. The topological polar surface area (TPSA) is 32.7 Å². The summed E-state index contributed by atoms with van der Waals surface area (Å²) in [6, 6.07) is 6.09. The largest absolute Gasteiger partial charge is 0.508 e. The van der Waals surface area contributed by atoms with Crippen LogP contribution in [0.1, 0.15) is 56.1 Å². The van der Waals surface area contributed by atoms with E-state index in [9.17, 15) is 5.11 Å². The van der Waals surface area contributed by atoms with Crippen molar-refractivity contribution in [1.82, 2.24) is 4.90 Å². The first-order chi connectivity index (χ1) is 12.0. The SMILES string of the molecule is CN(C)CCO[C@H]1CC[C@H]2[C@@H]3CCc4cc(O)ccc4[C@H]3CC[C@]12C. The summed E-state index contributed by atoms with van der Waals surface area (Å²) in [5, 5.41) is 9.81. The fraction of sp³-hybridized carbons (Fsp3) is 0.727. The van der Waals surface area contributed by atoms with Crippen LogP contribution in [-0.2, 0) is 11.2 Å². The van der Waals surface area contributed by atoms with E-state index in [1.807, 2.05) is 12.1 Å². The summed E-state index contributed by atoms with van der Waals surface area (Å²) in [5.74, 6) is 2.73. The second-order valence-corrected chi connectivity index (χ2v) is 9.08. The molecule has 1 aromatic carbocycles. The Kier molecular flexibility index (Phi) is 4.57. The average molecular weight is 344 g/mol. The van der Waals surface area contributed by atoms with E-state index in [0.29, 0.717) is 23.2 Å². The molecule has 0 aliphatic heterocycles. The second kappa shape index (κ2) is 6.59. The maximum Gasteiger partial charge on any atom is 0.115 e. The number of benzene rings is 1. The molecule has 4 rings (SSSR count). The molecule has 138 valence electrons. The molecule has 0 heterocycles. The minimum Gasteiger partial charge on any atom is -0.508 e. The lowest BCUT2D eigenvalue weighted by molar-refractivity contribution is -0.0661. The van der Waals surface area contributed by atoms with Gasteiger partial charge in [0.15, 0.2) is 0 Å². The third kappa shape index (κ3) is 3.00. The molecule has 0 radical (unpaired) electrons. The number of phenols is 1. The molecule has 3 aliphatic rings. The van der Waals surface area contributed by atoms with Crippen LogP contribution in [0.3, 0.4) is 0 Å². The molecule has 0 bridgehead atoms. The van der Waals surface area contributed by atoms with Gasteiger partial charge in [0.05, 0.1) is 12.7 Å². The van der Waals surface area contributed by atoms with E-state index >= 15 is 0 Å². The number of likely N-dealkylation sites (N-methyl/N-ethyl adjacent to an activating group) is 1. The van der Waals surface area contributed by atoms with Gasteiger partial charge in [0.25, 0.3) is 0 Å². The summed E-state index contributed by atoms with van der Waals surface area (Å²) in [5.41, 5.74) is 3.27. The smallest absolute Gasteiger partial charge is 0.115 e. The minimum atomic E-state index is 0.363. The monoisotopic (exact) mass is 343 g/mol. The van der Waals surface area contributed by atoms with Crippen molar-refractivity contribution in [2.75, 3.05) is 27.2 Å². The van der Waals surface area contributed by atoms with Crippen LogP contribution in [0.4, 0.5) is 0 Å². The molecule has 1 aromatic rings. The van der Waals surface area contributed by atoms with Gasteiger partial charge in [-0.1, -0.05) is 13.0 Å². The van der Waals surface area contributed by atoms with Crippen molar-refractivity contribution in [1.29, 1.82) is 0 Å². The van der Waals surface area contributed by atoms with Crippen molar-refractivity contribution in [3.63, 3.8) is 0 Å². The van der Waals surface area contributed by atoms with E-state index in [1.165, 1.54) is 43.2 Å². The van der Waals surface area contributed by atoms with Crippen LogP contribution in [0.25, 0.3) is 0 Å². The Labute approximate surface area is 152 Å². The summed E-state index contributed by atoms with van der Waals surface area (Å²) in [6.45, 7) is 4.38. The van der Waals surface area contributed by atoms with Gasteiger partial charge in [-0.05, 0) is 99.0 Å². The first-order valence-electron chi connectivity index (χ1n) is 10.1. The van der Waals surface area contributed by atoms with E-state index in [2.05, 4.69) is 32.0 Å². The molecule has 0 unspecified atom stereocenters. The summed E-state index contributed by atoms with van der Waals surface area (Å²) in [6.07, 6.45) is 7.99. The molecule has 3 aliphatic carbocycles. The molecule has 5 atom stereocenters. The van der Waals surface area contributed by atoms with Gasteiger partial charge in [-0.25, -0.2) is 0 Å². The van der Waals surface area contributed by atoms with Gasteiger partial charge in [-0.2, -0.15) is 0 Å². The zero-order valence-electron chi connectivity index (χ0n) is 16.0. The first kappa shape index (κ1) is 17.4. The van der Waals surface area contributed by atoms with Gasteiger partial charge in [0, 0.05) is 6.54 Å². The molecule has 0 aromatic heterocycles. The predicted molar refractivity (Wildman–Crippen MR) is 101 cm³/mol. The molecule has 25 heavy (non-hydrogen) atoms. The number of aromatic hydroxyl groups is 1. The third-order valence-corrected chi connectivity index (χ3v) is 7.48. The number of rotatable bonds is 4. The Morgan fingerprint density at radius 3 is 2.84 bits per heavy atom. The summed E-state index contributed by atoms with van der Waals surface area (Å²) in [4.78, 5) is 2.21. The number of hydrogen-bond donors (Lipinski definition) is 1. The Hall–Kier alpha value is -1.06. The molecule has 0 spiro atoms. The number of aryl methyl sites for hydroxylation is 1. The van der Waals surface area contributed by atoms with Crippen molar-refractivity contribution < 1.29 is 9.84 Å². The highest BCUT2D eigenvalue weighted by atomic mass is 16.5. The molecule has 0 amide bonds. The van der Waals surface area contributed by atoms with Gasteiger partial charge in [0.1, 0.15) is 5.75 Å². The summed E-state index contributed by atoms with van der Waals surface area (Å²) >= 11 is 0. The Bertz CT molecular complexity index is 628. The lowest BCUT2D eigenvalue weighted by atomic mass is 9.55. The third-order valence-electron chi connectivity index (χ3n) is 7.48. The first-order valence-corrected chi connectivity index (χ1v) is 10.1. The Balaban J connectivity index is 1.51. The quantitative estimate of drug-likeness (QED) is 0.889. The second-order valence-electron chi connectivity index (χ2n) is 9.08. The highest BCUT2D eigenvalue weighted by molar-refractivity contribution is 5.40. The maximum absolute atomic E-state index is 9.81. The van der Waals surface area contributed by atoms with E-state index in [1.54, 1.807) is 0 Å². The fourth-order valence-corrected chi connectivity index (χ4v) is 6.17. The van der Waals surface area contributed by atoms with Crippen LogP contribution in [0.5, 0.6) is 5.75 Å². The van der Waals surface area contributed by atoms with E-state index < -0.39 is 0 Å². The van der Waals surface area contributed by atoms with Gasteiger partial charge in [-0.15, -0.1) is 0 Å². The molecule has 0 saturated heterocycles. The highest BCUT2D eigenvalue weighted by Gasteiger charge is 2.55. The normalized spacial score (nSPS) is 36.8. The van der Waals surface area contributed by atoms with Gasteiger partial charge in [-0.3, -0.25) is 0 Å². The van der Waals surface area contributed by atoms with Crippen molar-refractivity contribution in [3.05, 3.63) is 29.3 Å². The van der Waals surface area contributed by atoms with E-state index in [4.69, 9.17) is 4.74 Å². The Morgan fingerprint density at radius 1 is 1.20 bits per heavy atom. The van der Waals surface area contributed by atoms with Crippen molar-refractivity contribution >= 4 is 0 Å². The molecule has 3 nitrogen and oxygen atoms in total. The van der Waals surface area contributed by atoms with Crippen LogP contribution in [0, 0.1) is 17.3 Å². The van der Waals surface area contributed by atoms with Crippen LogP contribution >= 0.6 is 0 Å². The van der Waals surface area contributed by atoms with Crippen LogP contribution in [-0.4, -0.2) is 43.4 Å². The minimum absolute atomic E-state index is 0.363. The lowest BCUT2D eigenvalue weighted by Crippen LogP contribution is -2.45. The Morgan fingerprint density at radius 2 is 2.04 bits per heavy atom. The van der Waals surface area contributed by atoms with Crippen LogP contribution in [0.15, 0.2) is 18.2 Å². The van der Waals surface area contributed by atoms with Crippen molar-refractivity contribution in [2.45, 2.75) is 57.5 Å². The molecule has 2 fully saturated rings. The fourth-order valence-electron chi connectivity index (χ4n) is 6.17. The van der Waals surface area contributed by atoms with Gasteiger partial charge in [0.2, 0.25) is 0 Å². The molecular weight excluding hydrogens is 310 g/mol. The van der Waals surface area contributed by atoms with E-state index in [-0.39, 0.29) is 0 Å². The van der Waals surface area contributed by atoms with Crippen LogP contribution in [0.2, 0.25) is 0 Å². The number of phenolic OH excluding ortho intramolecular Hbond substituents is 1. The highest BCUT2D eigenvalue weighted by Crippen LogP contribution is 2.61. The average Bonchev–Trinajstić information content (AvgIpc) is 2.91. The van der Waals surface area contributed by atoms with Crippen molar-refractivity contribution in [3.8, 4) is 5.75 Å². The number of hydrogen-bond acceptors (Lipinski definition) is 3. The van der Waals surface area contributed by atoms with Gasteiger partial charge >= 0.3 is 0 Å². The molecule has 2 saturated carbocycles. The zero-order valence-corrected chi connectivity index (χ0v) is 16.0. The summed E-state index contributed by atoms with van der Waals surface area (Å²) in [7, 11) is 4.23. The number of ether oxygens (including phenoxy) is 1. The van der Waals surface area contributed by atoms with Gasteiger partial charge < -0.3 is 14.7 Å². The molecule has 3 heteroatoms. The number of nitrogens with zero attached hydrogens (tertiary/aromatic N) is 1. The number of fused-ring (bicyclic) bond motifs is 5. The maximum atomic E-state index is 9.81. The van der Waals surface area contributed by atoms with Crippen LogP contribution < -0.4 is 0 Å². The molecular formula is C22H33NO2. The standard InChI is InChI=1S/C22H33NO2/c1-22-11-10-18-17-7-5-16(24)14-15(17)4-6-19(18)20(22)8-9-21(22)25-13-12-23(2)3/h5,7,14,18-21,24H,4,6,8-13H2,1-3H3/t18-,19-,20+,21+,22+/m1/s1.